The van der Waals surface area contributed by atoms with Crippen LogP contribution in [-0.4, -0.2) is 40.2 Å². The molecular formula is C19H23FN4O2. The van der Waals surface area contributed by atoms with Crippen molar-refractivity contribution in [1.82, 2.24) is 20.5 Å². The molecule has 1 aromatic carbocycles. The lowest BCUT2D eigenvalue weighted by atomic mass is 10.0. The molecule has 1 fully saturated rings. The lowest BCUT2D eigenvalue weighted by molar-refractivity contribution is 0.153. The molecule has 0 bridgehead atoms. The molecule has 0 radical (unpaired) electrons. The van der Waals surface area contributed by atoms with Gasteiger partial charge in [-0.3, -0.25) is 4.98 Å². The van der Waals surface area contributed by atoms with E-state index in [2.05, 4.69) is 15.6 Å². The van der Waals surface area contributed by atoms with Crippen molar-refractivity contribution in [2.75, 3.05) is 13.1 Å². The number of benzene rings is 1. The van der Waals surface area contributed by atoms with Crippen molar-refractivity contribution in [2.45, 2.75) is 32.0 Å². The quantitative estimate of drug-likeness (QED) is 0.767. The molecule has 7 heteroatoms. The fourth-order valence-electron chi connectivity index (χ4n) is 3.05. The van der Waals surface area contributed by atoms with E-state index < -0.39 is 0 Å². The third-order valence-corrected chi connectivity index (χ3v) is 4.51. The van der Waals surface area contributed by atoms with E-state index in [1.165, 1.54) is 12.3 Å². The number of nitrogens with one attached hydrogen (secondary N) is 2. The number of hydrogen-bond acceptors (Lipinski definition) is 4. The Morgan fingerprint density at radius 1 is 1.23 bits per heavy atom. The third-order valence-electron chi connectivity index (χ3n) is 4.51. The zero-order valence-corrected chi connectivity index (χ0v) is 14.5. The van der Waals surface area contributed by atoms with E-state index in [1.54, 1.807) is 35.2 Å². The van der Waals surface area contributed by atoms with Crippen molar-refractivity contribution in [3.63, 3.8) is 0 Å². The number of halogens is 1. The molecule has 0 aliphatic carbocycles. The molecule has 1 aliphatic heterocycles. The molecule has 0 saturated carbocycles. The Morgan fingerprint density at radius 2 is 1.96 bits per heavy atom. The number of urea groups is 1. The number of carbonyl (C=O) groups is 1. The molecule has 0 unspecified atom stereocenters. The largest absolute Gasteiger partial charge is 0.508 e. The Kier molecular flexibility index (Phi) is 6.01. The summed E-state index contributed by atoms with van der Waals surface area (Å²) in [4.78, 5) is 18.7. The number of rotatable bonds is 5. The molecule has 6 nitrogen and oxygen atoms in total. The third kappa shape index (κ3) is 4.92. The number of piperidine rings is 1. The molecule has 0 atom stereocenters. The average molecular weight is 358 g/mol. The fraction of sp³-hybridized carbons (Fsp3) is 0.368. The SMILES string of the molecule is O=C(NCc1ccc(O)cc1)N(Cc1ccc(F)cn1)C1CCNCC1. The number of phenolic OH excluding ortho intramolecular Hbond substituents is 1. The zero-order chi connectivity index (χ0) is 18.4. The molecule has 26 heavy (non-hydrogen) atoms. The highest BCUT2D eigenvalue weighted by molar-refractivity contribution is 5.74. The fourth-order valence-corrected chi connectivity index (χ4v) is 3.05. The Bertz CT molecular complexity index is 715. The lowest BCUT2D eigenvalue weighted by Crippen LogP contribution is -2.49. The highest BCUT2D eigenvalue weighted by atomic mass is 19.1. The summed E-state index contributed by atoms with van der Waals surface area (Å²) in [7, 11) is 0. The first-order chi connectivity index (χ1) is 12.6. The molecule has 1 aliphatic rings. The molecule has 1 aromatic heterocycles. The number of carbonyl (C=O) groups excluding carboxylic acids is 1. The molecule has 2 aromatic rings. The summed E-state index contributed by atoms with van der Waals surface area (Å²) in [5, 5.41) is 15.6. The predicted molar refractivity (Wildman–Crippen MR) is 96.0 cm³/mol. The number of aromatic nitrogens is 1. The predicted octanol–water partition coefficient (Wildman–Crippen LogP) is 2.39. The summed E-state index contributed by atoms with van der Waals surface area (Å²) in [5.41, 5.74) is 1.56. The minimum absolute atomic E-state index is 0.114. The van der Waals surface area contributed by atoms with E-state index in [0.29, 0.717) is 18.8 Å². The van der Waals surface area contributed by atoms with Gasteiger partial charge in [0.2, 0.25) is 0 Å². The van der Waals surface area contributed by atoms with E-state index in [9.17, 15) is 14.3 Å². The van der Waals surface area contributed by atoms with E-state index in [-0.39, 0.29) is 23.6 Å². The minimum atomic E-state index is -0.390. The second-order valence-electron chi connectivity index (χ2n) is 6.40. The molecule has 0 spiro atoms. The molecular weight excluding hydrogens is 335 g/mol. The van der Waals surface area contributed by atoms with E-state index >= 15 is 0 Å². The number of aromatic hydroxyl groups is 1. The molecule has 3 N–H and O–H groups in total. The van der Waals surface area contributed by atoms with Gasteiger partial charge in [-0.1, -0.05) is 12.1 Å². The summed E-state index contributed by atoms with van der Waals surface area (Å²) in [6.45, 7) is 2.44. The monoisotopic (exact) mass is 358 g/mol. The van der Waals surface area contributed by atoms with Gasteiger partial charge in [-0.2, -0.15) is 0 Å². The Morgan fingerprint density at radius 3 is 2.62 bits per heavy atom. The number of nitrogens with zero attached hydrogens (tertiary/aromatic N) is 2. The van der Waals surface area contributed by atoms with Gasteiger partial charge >= 0.3 is 6.03 Å². The van der Waals surface area contributed by atoms with Crippen LogP contribution >= 0.6 is 0 Å². The van der Waals surface area contributed by atoms with Gasteiger partial charge in [-0.15, -0.1) is 0 Å². The topological polar surface area (TPSA) is 77.5 Å². The molecule has 2 amide bonds. The van der Waals surface area contributed by atoms with Crippen LogP contribution in [0.2, 0.25) is 0 Å². The second kappa shape index (κ2) is 8.62. The van der Waals surface area contributed by atoms with Crippen LogP contribution in [0.1, 0.15) is 24.1 Å². The first-order valence-corrected chi connectivity index (χ1v) is 8.75. The van der Waals surface area contributed by atoms with Crippen LogP contribution in [0.3, 0.4) is 0 Å². The van der Waals surface area contributed by atoms with Crippen LogP contribution in [-0.2, 0) is 13.1 Å². The van der Waals surface area contributed by atoms with E-state index in [0.717, 1.165) is 31.5 Å². The van der Waals surface area contributed by atoms with Crippen LogP contribution < -0.4 is 10.6 Å². The van der Waals surface area contributed by atoms with Gasteiger partial charge in [0.25, 0.3) is 0 Å². The number of phenols is 1. The average Bonchev–Trinajstić information content (AvgIpc) is 2.67. The molecule has 1 saturated heterocycles. The molecule has 2 heterocycles. The van der Waals surface area contributed by atoms with Gasteiger partial charge in [-0.05, 0) is 55.8 Å². The first kappa shape index (κ1) is 18.1. The summed E-state index contributed by atoms with van der Waals surface area (Å²) in [6, 6.07) is 9.63. The van der Waals surface area contributed by atoms with Crippen LogP contribution in [0.4, 0.5) is 9.18 Å². The van der Waals surface area contributed by atoms with E-state index in [4.69, 9.17) is 0 Å². The van der Waals surface area contributed by atoms with Crippen molar-refractivity contribution in [3.05, 3.63) is 59.7 Å². The van der Waals surface area contributed by atoms with Crippen LogP contribution in [0.25, 0.3) is 0 Å². The Balaban J connectivity index is 1.67. The standard InChI is InChI=1S/C19H23FN4O2/c20-15-3-4-16(22-12-15)13-24(17-7-9-21-10-8-17)19(26)23-11-14-1-5-18(25)6-2-14/h1-6,12,17,21,25H,7-11,13H2,(H,23,26). The Hall–Kier alpha value is -2.67. The minimum Gasteiger partial charge on any atom is -0.508 e. The summed E-state index contributed by atoms with van der Waals surface area (Å²) in [5.74, 6) is -0.197. The molecule has 3 rings (SSSR count). The van der Waals surface area contributed by atoms with Crippen molar-refractivity contribution in [3.8, 4) is 5.75 Å². The molecule has 138 valence electrons. The summed E-state index contributed by atoms with van der Waals surface area (Å²) >= 11 is 0. The van der Waals surface area contributed by atoms with Crippen LogP contribution in [0, 0.1) is 5.82 Å². The highest BCUT2D eigenvalue weighted by Crippen LogP contribution is 2.16. The summed E-state index contributed by atoms with van der Waals surface area (Å²) in [6.07, 6.45) is 2.91. The number of amides is 2. The maximum atomic E-state index is 13.1. The second-order valence-corrected chi connectivity index (χ2v) is 6.40. The van der Waals surface area contributed by atoms with Crippen molar-refractivity contribution in [1.29, 1.82) is 0 Å². The maximum Gasteiger partial charge on any atom is 0.318 e. The zero-order valence-electron chi connectivity index (χ0n) is 14.5. The first-order valence-electron chi connectivity index (χ1n) is 8.75. The Labute approximate surface area is 152 Å². The maximum absolute atomic E-state index is 13.1. The van der Waals surface area contributed by atoms with Crippen molar-refractivity contribution < 1.29 is 14.3 Å². The normalized spacial score (nSPS) is 14.8. The van der Waals surface area contributed by atoms with Crippen LogP contribution in [0.5, 0.6) is 5.75 Å². The van der Waals surface area contributed by atoms with Crippen molar-refractivity contribution in [2.24, 2.45) is 0 Å². The van der Waals surface area contributed by atoms with E-state index in [1.807, 2.05) is 0 Å². The van der Waals surface area contributed by atoms with Gasteiger partial charge in [0.05, 0.1) is 18.4 Å². The summed E-state index contributed by atoms with van der Waals surface area (Å²) < 4.78 is 13.1. The smallest absolute Gasteiger partial charge is 0.318 e. The number of pyridine rings is 1. The van der Waals surface area contributed by atoms with Gasteiger partial charge in [0, 0.05) is 12.6 Å². The van der Waals surface area contributed by atoms with Gasteiger partial charge < -0.3 is 20.6 Å². The van der Waals surface area contributed by atoms with Gasteiger partial charge in [0.1, 0.15) is 11.6 Å². The highest BCUT2D eigenvalue weighted by Gasteiger charge is 2.25. The van der Waals surface area contributed by atoms with Crippen molar-refractivity contribution >= 4 is 6.03 Å². The van der Waals surface area contributed by atoms with Crippen LogP contribution in [0.15, 0.2) is 42.6 Å². The lowest BCUT2D eigenvalue weighted by Gasteiger charge is -2.34. The number of hydrogen-bond donors (Lipinski definition) is 3. The van der Waals surface area contributed by atoms with Gasteiger partial charge in [0.15, 0.2) is 0 Å². The van der Waals surface area contributed by atoms with Gasteiger partial charge in [-0.25, -0.2) is 9.18 Å².